The topological polar surface area (TPSA) is 89.3 Å². The lowest BCUT2D eigenvalue weighted by Gasteiger charge is -2.42. The lowest BCUT2D eigenvalue weighted by atomic mass is 9.74. The summed E-state index contributed by atoms with van der Waals surface area (Å²) in [5, 5.41) is 8.29. The van der Waals surface area contributed by atoms with Crippen LogP contribution in [0, 0.1) is 5.41 Å². The summed E-state index contributed by atoms with van der Waals surface area (Å²) in [6, 6.07) is -0.138. The number of hydrogen-bond acceptors (Lipinski definition) is 5. The van der Waals surface area contributed by atoms with Crippen molar-refractivity contribution in [3.8, 4) is 0 Å². The molecule has 1 amide bonds. The third-order valence-electron chi connectivity index (χ3n) is 5.19. The van der Waals surface area contributed by atoms with Crippen molar-refractivity contribution >= 4 is 17.1 Å². The SMILES string of the molecule is CC(C)(C)OC(=O)N1CCC2(CC1)Cn1cnnc1[C@H]2N[S@@](=O)C(C)(C)C. The van der Waals surface area contributed by atoms with Gasteiger partial charge in [-0.1, -0.05) is 0 Å². The van der Waals surface area contributed by atoms with Gasteiger partial charge in [-0.15, -0.1) is 10.2 Å². The molecule has 1 spiro atoms. The van der Waals surface area contributed by atoms with Gasteiger partial charge < -0.3 is 14.2 Å². The normalized spacial score (nSPS) is 23.3. The first-order valence-corrected chi connectivity index (χ1v) is 10.6. The Morgan fingerprint density at radius 2 is 1.89 bits per heavy atom. The van der Waals surface area contributed by atoms with Gasteiger partial charge in [0.1, 0.15) is 11.9 Å². The molecule has 0 saturated carbocycles. The van der Waals surface area contributed by atoms with Gasteiger partial charge in [0.15, 0.2) is 5.82 Å². The summed E-state index contributed by atoms with van der Waals surface area (Å²) in [5.74, 6) is 0.832. The lowest BCUT2D eigenvalue weighted by Crippen LogP contribution is -2.50. The van der Waals surface area contributed by atoms with Crippen LogP contribution in [0.3, 0.4) is 0 Å². The second kappa shape index (κ2) is 6.84. The van der Waals surface area contributed by atoms with E-state index in [4.69, 9.17) is 4.74 Å². The molecule has 8 nitrogen and oxygen atoms in total. The molecule has 1 N–H and O–H groups in total. The largest absolute Gasteiger partial charge is 0.444 e. The fourth-order valence-corrected chi connectivity index (χ4v) is 4.61. The Kier molecular flexibility index (Phi) is 5.14. The van der Waals surface area contributed by atoms with Crippen molar-refractivity contribution in [1.82, 2.24) is 24.4 Å². The minimum atomic E-state index is -1.21. The van der Waals surface area contributed by atoms with E-state index in [0.29, 0.717) is 13.1 Å². The van der Waals surface area contributed by atoms with Crippen LogP contribution >= 0.6 is 0 Å². The molecule has 0 aliphatic carbocycles. The van der Waals surface area contributed by atoms with Crippen LogP contribution in [0.4, 0.5) is 4.79 Å². The molecular formula is C18H31N5O3S. The third-order valence-corrected chi connectivity index (χ3v) is 6.76. The van der Waals surface area contributed by atoms with Gasteiger partial charge in [0, 0.05) is 25.0 Å². The summed E-state index contributed by atoms with van der Waals surface area (Å²) < 4.78 is 23.3. The number of rotatable bonds is 2. The molecule has 0 bridgehead atoms. The number of aromatic nitrogens is 3. The zero-order valence-corrected chi connectivity index (χ0v) is 17.9. The van der Waals surface area contributed by atoms with Crippen LogP contribution in [0.5, 0.6) is 0 Å². The number of carbonyl (C=O) groups excluding carboxylic acids is 1. The quantitative estimate of drug-likeness (QED) is 0.828. The van der Waals surface area contributed by atoms with Crippen LogP contribution in [0.2, 0.25) is 0 Å². The van der Waals surface area contributed by atoms with Crippen molar-refractivity contribution in [2.75, 3.05) is 13.1 Å². The van der Waals surface area contributed by atoms with E-state index in [1.807, 2.05) is 46.1 Å². The predicted octanol–water partition coefficient (Wildman–Crippen LogP) is 2.40. The number of amides is 1. The molecule has 27 heavy (non-hydrogen) atoms. The van der Waals surface area contributed by atoms with E-state index >= 15 is 0 Å². The van der Waals surface area contributed by atoms with E-state index in [2.05, 4.69) is 14.9 Å². The van der Waals surface area contributed by atoms with E-state index in [9.17, 15) is 9.00 Å². The van der Waals surface area contributed by atoms with Gasteiger partial charge in [0.2, 0.25) is 0 Å². The second-order valence-corrected chi connectivity index (χ2v) is 11.6. The lowest BCUT2D eigenvalue weighted by molar-refractivity contribution is 0.00581. The zero-order valence-electron chi connectivity index (χ0n) is 17.1. The molecule has 0 radical (unpaired) electrons. The second-order valence-electron chi connectivity index (χ2n) is 9.58. The van der Waals surface area contributed by atoms with E-state index in [1.165, 1.54) is 0 Å². The van der Waals surface area contributed by atoms with E-state index < -0.39 is 16.6 Å². The van der Waals surface area contributed by atoms with Gasteiger partial charge in [-0.2, -0.15) is 0 Å². The van der Waals surface area contributed by atoms with Crippen molar-refractivity contribution in [2.45, 2.75) is 77.3 Å². The molecule has 9 heteroatoms. The fraction of sp³-hybridized carbons (Fsp3) is 0.833. The summed E-state index contributed by atoms with van der Waals surface area (Å²) in [6.45, 7) is 13.5. The summed E-state index contributed by atoms with van der Waals surface area (Å²) in [7, 11) is -1.21. The zero-order chi connectivity index (χ0) is 20.0. The van der Waals surface area contributed by atoms with Crippen LogP contribution in [0.15, 0.2) is 6.33 Å². The number of carbonyl (C=O) groups is 1. The average molecular weight is 398 g/mol. The van der Waals surface area contributed by atoms with Crippen molar-refractivity contribution in [3.63, 3.8) is 0 Å². The number of piperidine rings is 1. The van der Waals surface area contributed by atoms with Crippen molar-refractivity contribution < 1.29 is 13.7 Å². The molecule has 3 heterocycles. The monoisotopic (exact) mass is 397 g/mol. The molecule has 2 aliphatic rings. The molecular weight excluding hydrogens is 366 g/mol. The molecule has 0 unspecified atom stereocenters. The third kappa shape index (κ3) is 4.18. The Bertz CT molecular complexity index is 726. The van der Waals surface area contributed by atoms with Gasteiger partial charge >= 0.3 is 6.09 Å². The maximum Gasteiger partial charge on any atom is 0.410 e. The van der Waals surface area contributed by atoms with Gasteiger partial charge in [-0.05, 0) is 54.4 Å². The van der Waals surface area contributed by atoms with Gasteiger partial charge in [0.05, 0.1) is 21.8 Å². The molecule has 1 saturated heterocycles. The Morgan fingerprint density at radius 3 is 2.44 bits per heavy atom. The standard InChI is InChI=1S/C18H31N5O3S/c1-16(2,3)26-15(24)22-9-7-18(8-10-22)11-23-12-19-20-14(23)13(18)21-27(25)17(4,5)6/h12-13,21H,7-11H2,1-6H3/t13-,27+/m1/s1. The number of fused-ring (bicyclic) bond motifs is 1. The van der Waals surface area contributed by atoms with Crippen LogP contribution in [0.1, 0.15) is 66.3 Å². The smallest absolute Gasteiger partial charge is 0.410 e. The molecule has 0 aromatic carbocycles. The highest BCUT2D eigenvalue weighted by atomic mass is 32.2. The van der Waals surface area contributed by atoms with Crippen LogP contribution in [0.25, 0.3) is 0 Å². The number of hydrogen-bond donors (Lipinski definition) is 1. The number of nitrogens with zero attached hydrogens (tertiary/aromatic N) is 4. The van der Waals surface area contributed by atoms with Crippen LogP contribution in [-0.2, 0) is 22.3 Å². The highest BCUT2D eigenvalue weighted by molar-refractivity contribution is 7.84. The van der Waals surface area contributed by atoms with Gasteiger partial charge in [-0.3, -0.25) is 0 Å². The maximum atomic E-state index is 12.8. The van der Waals surface area contributed by atoms with Crippen molar-refractivity contribution in [2.24, 2.45) is 5.41 Å². The summed E-state index contributed by atoms with van der Waals surface area (Å²) in [5.41, 5.74) is -0.619. The highest BCUT2D eigenvalue weighted by Gasteiger charge is 2.51. The van der Waals surface area contributed by atoms with E-state index in [0.717, 1.165) is 25.2 Å². The Balaban J connectivity index is 1.74. The van der Waals surface area contributed by atoms with Crippen LogP contribution < -0.4 is 4.72 Å². The molecule has 3 rings (SSSR count). The minimum absolute atomic E-state index is 0.120. The molecule has 2 atom stereocenters. The number of likely N-dealkylation sites (tertiary alicyclic amines) is 1. The predicted molar refractivity (Wildman–Crippen MR) is 103 cm³/mol. The van der Waals surface area contributed by atoms with Crippen LogP contribution in [-0.4, -0.2) is 53.4 Å². The molecule has 1 fully saturated rings. The first-order chi connectivity index (χ1) is 12.4. The number of ether oxygens (including phenoxy) is 1. The Hall–Kier alpha value is -1.48. The molecule has 1 aromatic heterocycles. The average Bonchev–Trinajstić information content (AvgIpc) is 3.07. The highest BCUT2D eigenvalue weighted by Crippen LogP contribution is 2.49. The molecule has 152 valence electrons. The van der Waals surface area contributed by atoms with E-state index in [1.54, 1.807) is 11.2 Å². The van der Waals surface area contributed by atoms with Crippen molar-refractivity contribution in [1.29, 1.82) is 0 Å². The van der Waals surface area contributed by atoms with Crippen molar-refractivity contribution in [3.05, 3.63) is 12.2 Å². The summed E-state index contributed by atoms with van der Waals surface area (Å²) in [6.07, 6.45) is 3.07. The first kappa shape index (κ1) is 20.3. The Morgan fingerprint density at radius 1 is 1.26 bits per heavy atom. The maximum absolute atomic E-state index is 12.8. The van der Waals surface area contributed by atoms with Gasteiger partial charge in [0.25, 0.3) is 0 Å². The van der Waals surface area contributed by atoms with E-state index in [-0.39, 0.29) is 22.3 Å². The van der Waals surface area contributed by atoms with Gasteiger partial charge in [-0.25, -0.2) is 13.7 Å². The summed E-state index contributed by atoms with van der Waals surface area (Å²) in [4.78, 5) is 14.2. The number of nitrogens with one attached hydrogen (secondary N) is 1. The molecule has 2 aliphatic heterocycles. The Labute approximate surface area is 163 Å². The summed E-state index contributed by atoms with van der Waals surface area (Å²) >= 11 is 0. The minimum Gasteiger partial charge on any atom is -0.444 e. The fourth-order valence-electron chi connectivity index (χ4n) is 3.68. The molecule has 1 aromatic rings. The first-order valence-electron chi connectivity index (χ1n) is 9.45.